The Kier molecular flexibility index (Phi) is 5.26. The first-order valence-corrected chi connectivity index (χ1v) is 9.94. The normalized spacial score (nSPS) is 16.6. The van der Waals surface area contributed by atoms with Gasteiger partial charge in [-0.15, -0.1) is 11.3 Å². The number of hydrogen-bond acceptors (Lipinski definition) is 6. The largest absolute Gasteiger partial charge is 0.486 e. The third-order valence-corrected chi connectivity index (χ3v) is 6.80. The number of hydrogen-bond donors (Lipinski definition) is 1. The van der Waals surface area contributed by atoms with Gasteiger partial charge in [0, 0.05) is 7.05 Å². The van der Waals surface area contributed by atoms with Gasteiger partial charge in [0.25, 0.3) is 10.0 Å². The molecule has 3 rings (SSSR count). The van der Waals surface area contributed by atoms with Crippen LogP contribution in [0.15, 0.2) is 46.0 Å². The molecule has 0 radical (unpaired) electrons. The summed E-state index contributed by atoms with van der Waals surface area (Å²) >= 11 is 1.12. The molecule has 134 valence electrons. The Labute approximate surface area is 150 Å². The highest BCUT2D eigenvalue weighted by Gasteiger charge is 2.25. The number of benzene rings is 1. The molecular formula is C16H18N2O5S2. The van der Waals surface area contributed by atoms with Crippen LogP contribution < -0.4 is 14.8 Å². The van der Waals surface area contributed by atoms with Crippen LogP contribution in [0.1, 0.15) is 0 Å². The number of para-hydroxylation sites is 2. The van der Waals surface area contributed by atoms with E-state index in [1.165, 1.54) is 13.1 Å². The Hall–Kier alpha value is -2.10. The maximum atomic E-state index is 12.3. The van der Waals surface area contributed by atoms with Gasteiger partial charge in [0.2, 0.25) is 5.91 Å². The smallest absolute Gasteiger partial charge is 0.252 e. The van der Waals surface area contributed by atoms with Crippen molar-refractivity contribution in [3.63, 3.8) is 0 Å². The summed E-state index contributed by atoms with van der Waals surface area (Å²) in [7, 11) is -2.26. The molecule has 0 bridgehead atoms. The lowest BCUT2D eigenvalue weighted by Gasteiger charge is -2.26. The standard InChI is InChI=1S/C16H18N2O5S2/c1-18(25(20,21)16-7-4-8-24-16)10-15(19)17-9-12-11-22-13-5-2-3-6-14(13)23-12/h2-8,12H,9-11H2,1H3,(H,17,19)/t12-/m1/s1. The van der Waals surface area contributed by atoms with Crippen LogP contribution in [0, 0.1) is 0 Å². The molecule has 0 saturated heterocycles. The highest BCUT2D eigenvalue weighted by Crippen LogP contribution is 2.30. The number of nitrogens with zero attached hydrogens (tertiary/aromatic N) is 1. The van der Waals surface area contributed by atoms with E-state index in [-0.39, 0.29) is 23.4 Å². The first-order valence-electron chi connectivity index (χ1n) is 7.62. The summed E-state index contributed by atoms with van der Waals surface area (Å²) in [4.78, 5) is 12.0. The summed E-state index contributed by atoms with van der Waals surface area (Å²) in [5.41, 5.74) is 0. The first-order chi connectivity index (χ1) is 12.0. The fraction of sp³-hybridized carbons (Fsp3) is 0.312. The van der Waals surface area contributed by atoms with E-state index < -0.39 is 15.9 Å². The summed E-state index contributed by atoms with van der Waals surface area (Å²) in [6.45, 7) is 0.297. The quantitative estimate of drug-likeness (QED) is 0.815. The van der Waals surface area contributed by atoms with Crippen LogP contribution >= 0.6 is 11.3 Å². The van der Waals surface area contributed by atoms with Gasteiger partial charge in [0.15, 0.2) is 11.5 Å². The molecule has 0 spiro atoms. The minimum absolute atomic E-state index is 0.212. The first kappa shape index (κ1) is 17.7. The van der Waals surface area contributed by atoms with Crippen LogP contribution in [0.4, 0.5) is 0 Å². The third-order valence-electron chi connectivity index (χ3n) is 3.62. The molecule has 25 heavy (non-hydrogen) atoms. The Morgan fingerprint density at radius 1 is 1.28 bits per heavy atom. The molecule has 1 aliphatic rings. The number of thiophene rings is 1. The zero-order valence-corrected chi connectivity index (χ0v) is 15.2. The summed E-state index contributed by atoms with van der Waals surface area (Å²) in [5.74, 6) is 0.905. The molecule has 2 heterocycles. The van der Waals surface area contributed by atoms with Crippen LogP contribution in [0.2, 0.25) is 0 Å². The van der Waals surface area contributed by atoms with E-state index in [0.29, 0.717) is 18.1 Å². The van der Waals surface area contributed by atoms with Crippen molar-refractivity contribution < 1.29 is 22.7 Å². The van der Waals surface area contributed by atoms with Crippen molar-refractivity contribution in [2.24, 2.45) is 0 Å². The van der Waals surface area contributed by atoms with E-state index in [2.05, 4.69) is 5.32 Å². The van der Waals surface area contributed by atoms with Gasteiger partial charge in [-0.3, -0.25) is 4.79 Å². The van der Waals surface area contributed by atoms with Gasteiger partial charge in [-0.1, -0.05) is 18.2 Å². The maximum Gasteiger partial charge on any atom is 0.252 e. The zero-order valence-electron chi connectivity index (χ0n) is 13.5. The highest BCUT2D eigenvalue weighted by molar-refractivity contribution is 7.91. The molecule has 0 fully saturated rings. The second kappa shape index (κ2) is 7.42. The fourth-order valence-electron chi connectivity index (χ4n) is 2.30. The van der Waals surface area contributed by atoms with Crippen LogP contribution in [0.25, 0.3) is 0 Å². The molecule has 1 N–H and O–H groups in total. The number of amides is 1. The highest BCUT2D eigenvalue weighted by atomic mass is 32.2. The van der Waals surface area contributed by atoms with Crippen molar-refractivity contribution in [2.45, 2.75) is 10.3 Å². The molecule has 0 unspecified atom stereocenters. The Morgan fingerprint density at radius 2 is 2.04 bits per heavy atom. The molecule has 1 amide bonds. The Bertz CT molecular complexity index is 836. The minimum atomic E-state index is -3.64. The van der Waals surface area contributed by atoms with Gasteiger partial charge in [0.1, 0.15) is 16.9 Å². The summed E-state index contributed by atoms with van der Waals surface area (Å²) < 4.78 is 37.1. The second-order valence-electron chi connectivity index (χ2n) is 5.49. The molecular weight excluding hydrogens is 364 g/mol. The second-order valence-corrected chi connectivity index (χ2v) is 8.71. The van der Waals surface area contributed by atoms with Crippen molar-refractivity contribution in [3.8, 4) is 11.5 Å². The van der Waals surface area contributed by atoms with Crippen LogP contribution in [-0.2, 0) is 14.8 Å². The van der Waals surface area contributed by atoms with E-state index in [9.17, 15) is 13.2 Å². The number of carbonyl (C=O) groups excluding carboxylic acids is 1. The maximum absolute atomic E-state index is 12.3. The monoisotopic (exact) mass is 382 g/mol. The average molecular weight is 382 g/mol. The number of nitrogens with one attached hydrogen (secondary N) is 1. The number of ether oxygens (including phenoxy) is 2. The van der Waals surface area contributed by atoms with Gasteiger partial charge in [-0.05, 0) is 23.6 Å². The van der Waals surface area contributed by atoms with E-state index in [0.717, 1.165) is 15.6 Å². The Balaban J connectivity index is 1.50. The lowest BCUT2D eigenvalue weighted by Crippen LogP contribution is -2.44. The van der Waals surface area contributed by atoms with Crippen LogP contribution in [0.3, 0.4) is 0 Å². The lowest BCUT2D eigenvalue weighted by molar-refractivity contribution is -0.121. The van der Waals surface area contributed by atoms with Gasteiger partial charge in [-0.25, -0.2) is 8.42 Å². The van der Waals surface area contributed by atoms with Crippen molar-refractivity contribution in [2.75, 3.05) is 26.7 Å². The lowest BCUT2D eigenvalue weighted by atomic mass is 10.2. The van der Waals surface area contributed by atoms with Crippen molar-refractivity contribution in [3.05, 3.63) is 41.8 Å². The predicted octanol–water partition coefficient (Wildman–Crippen LogP) is 1.32. The number of likely N-dealkylation sites (N-methyl/N-ethyl adjacent to an activating group) is 1. The zero-order chi connectivity index (χ0) is 17.9. The number of sulfonamides is 1. The minimum Gasteiger partial charge on any atom is -0.486 e. The summed E-state index contributed by atoms with van der Waals surface area (Å²) in [6, 6.07) is 10.5. The van der Waals surface area contributed by atoms with Gasteiger partial charge < -0.3 is 14.8 Å². The van der Waals surface area contributed by atoms with Crippen molar-refractivity contribution in [1.82, 2.24) is 9.62 Å². The van der Waals surface area contributed by atoms with E-state index in [1.807, 2.05) is 18.2 Å². The molecule has 1 aromatic carbocycles. The molecule has 7 nitrogen and oxygen atoms in total. The summed E-state index contributed by atoms with van der Waals surface area (Å²) in [5, 5.41) is 4.36. The molecule has 1 atom stereocenters. The van der Waals surface area contributed by atoms with E-state index >= 15 is 0 Å². The predicted molar refractivity (Wildman–Crippen MR) is 93.5 cm³/mol. The fourth-order valence-corrected chi connectivity index (χ4v) is 4.63. The molecule has 1 aromatic heterocycles. The molecule has 9 heteroatoms. The van der Waals surface area contributed by atoms with E-state index in [4.69, 9.17) is 9.47 Å². The molecule has 1 aliphatic heterocycles. The van der Waals surface area contributed by atoms with Crippen LogP contribution in [0.5, 0.6) is 11.5 Å². The summed E-state index contributed by atoms with van der Waals surface area (Å²) in [6.07, 6.45) is -0.321. The van der Waals surface area contributed by atoms with Gasteiger partial charge in [0.05, 0.1) is 13.1 Å². The molecule has 0 aliphatic carbocycles. The van der Waals surface area contributed by atoms with Crippen molar-refractivity contribution in [1.29, 1.82) is 0 Å². The van der Waals surface area contributed by atoms with Gasteiger partial charge >= 0.3 is 0 Å². The van der Waals surface area contributed by atoms with Crippen LogP contribution in [-0.4, -0.2) is 51.5 Å². The van der Waals surface area contributed by atoms with Gasteiger partial charge in [-0.2, -0.15) is 4.31 Å². The average Bonchev–Trinajstić information content (AvgIpc) is 3.15. The molecule has 0 saturated carbocycles. The SMILES string of the molecule is CN(CC(=O)NC[C@@H]1COc2ccccc2O1)S(=O)(=O)c1cccs1. The Morgan fingerprint density at radius 3 is 2.76 bits per heavy atom. The van der Waals surface area contributed by atoms with Crippen molar-refractivity contribution >= 4 is 27.3 Å². The number of carbonyl (C=O) groups is 1. The van der Waals surface area contributed by atoms with E-state index in [1.54, 1.807) is 17.5 Å². The topological polar surface area (TPSA) is 84.9 Å². The number of rotatable bonds is 6. The third kappa shape index (κ3) is 4.12. The number of fused-ring (bicyclic) bond motifs is 1. The molecule has 2 aromatic rings.